The summed E-state index contributed by atoms with van der Waals surface area (Å²) < 4.78 is 5.70. The first-order chi connectivity index (χ1) is 10.5. The number of benzene rings is 2. The molecule has 2 aromatic carbocycles. The fraction of sp³-hybridized carbons (Fsp3) is 0.278. The number of carbonyl (C=O) groups excluding carboxylic acids is 1. The van der Waals surface area contributed by atoms with E-state index in [1.54, 1.807) is 12.1 Å². The Kier molecular flexibility index (Phi) is 6.91. The van der Waals surface area contributed by atoms with Crippen molar-refractivity contribution in [2.24, 2.45) is 0 Å². The Morgan fingerprint density at radius 3 is 2.65 bits per heavy atom. The van der Waals surface area contributed by atoms with Crippen molar-refractivity contribution in [3.05, 3.63) is 59.2 Å². The molecule has 0 aliphatic carbocycles. The van der Waals surface area contributed by atoms with E-state index in [0.29, 0.717) is 17.9 Å². The Bertz CT molecular complexity index is 674. The van der Waals surface area contributed by atoms with E-state index in [2.05, 4.69) is 5.32 Å². The summed E-state index contributed by atoms with van der Waals surface area (Å²) in [4.78, 5) is 12.3. The van der Waals surface area contributed by atoms with Crippen LogP contribution in [0.3, 0.4) is 0 Å². The second-order valence-electron chi connectivity index (χ2n) is 5.58. The fourth-order valence-electron chi connectivity index (χ4n) is 2.15. The summed E-state index contributed by atoms with van der Waals surface area (Å²) in [5.41, 5.74) is 8.97. The summed E-state index contributed by atoms with van der Waals surface area (Å²) in [6, 6.07) is 13.1. The minimum atomic E-state index is -0.134. The van der Waals surface area contributed by atoms with Crippen LogP contribution < -0.4 is 15.8 Å². The van der Waals surface area contributed by atoms with E-state index in [4.69, 9.17) is 10.5 Å². The van der Waals surface area contributed by atoms with Crippen molar-refractivity contribution in [2.45, 2.75) is 26.8 Å². The van der Waals surface area contributed by atoms with Gasteiger partial charge < -0.3 is 15.8 Å². The topological polar surface area (TPSA) is 64.3 Å². The lowest BCUT2D eigenvalue weighted by atomic mass is 10.1. The largest absolute Gasteiger partial charge is 0.491 e. The number of amides is 1. The normalized spacial score (nSPS) is 11.3. The molecule has 5 heteroatoms. The zero-order valence-corrected chi connectivity index (χ0v) is 14.4. The van der Waals surface area contributed by atoms with Crippen molar-refractivity contribution >= 4 is 24.0 Å². The highest BCUT2D eigenvalue weighted by molar-refractivity contribution is 5.96. The third-order valence-corrected chi connectivity index (χ3v) is 3.37. The van der Waals surface area contributed by atoms with Crippen LogP contribution in [-0.2, 0) is 0 Å². The number of anilines is 1. The molecule has 1 unspecified atom stereocenters. The number of aryl methyl sites for hydroxylation is 2. The minimum absolute atomic E-state index is 0. The third kappa shape index (κ3) is 5.49. The van der Waals surface area contributed by atoms with Gasteiger partial charge >= 0.3 is 0 Å². The predicted octanol–water partition coefficient (Wildman–Crippen LogP) is 3.50. The number of halogens is 1. The Morgan fingerprint density at radius 1 is 1.22 bits per heavy atom. The maximum absolute atomic E-state index is 12.3. The van der Waals surface area contributed by atoms with Crippen LogP contribution in [0, 0.1) is 13.8 Å². The van der Waals surface area contributed by atoms with Crippen molar-refractivity contribution in [3.63, 3.8) is 0 Å². The van der Waals surface area contributed by atoms with E-state index in [0.717, 1.165) is 16.9 Å². The number of hydrogen-bond acceptors (Lipinski definition) is 3. The van der Waals surface area contributed by atoms with Gasteiger partial charge in [-0.1, -0.05) is 18.2 Å². The van der Waals surface area contributed by atoms with Gasteiger partial charge in [0.1, 0.15) is 12.4 Å². The van der Waals surface area contributed by atoms with E-state index < -0.39 is 0 Å². The Hall–Kier alpha value is -2.20. The predicted molar refractivity (Wildman–Crippen MR) is 96.4 cm³/mol. The number of carbonyl (C=O) groups is 1. The highest BCUT2D eigenvalue weighted by Gasteiger charge is 2.13. The summed E-state index contributed by atoms with van der Waals surface area (Å²) in [5, 5.41) is 2.93. The molecule has 0 bridgehead atoms. The maximum Gasteiger partial charge on any atom is 0.251 e. The second kappa shape index (κ2) is 8.44. The molecule has 0 aliphatic heterocycles. The van der Waals surface area contributed by atoms with Gasteiger partial charge in [-0.3, -0.25) is 4.79 Å². The van der Waals surface area contributed by atoms with Crippen molar-refractivity contribution in [3.8, 4) is 5.75 Å². The monoisotopic (exact) mass is 334 g/mol. The molecule has 0 heterocycles. The summed E-state index contributed by atoms with van der Waals surface area (Å²) in [5.74, 6) is 0.673. The molecule has 0 radical (unpaired) electrons. The number of nitrogen functional groups attached to an aromatic ring is 1. The molecule has 23 heavy (non-hydrogen) atoms. The lowest BCUT2D eigenvalue weighted by Gasteiger charge is -2.16. The van der Waals surface area contributed by atoms with E-state index in [1.807, 2.05) is 51.1 Å². The Morgan fingerprint density at radius 2 is 1.96 bits per heavy atom. The Labute approximate surface area is 143 Å². The van der Waals surface area contributed by atoms with Crippen LogP contribution in [0.2, 0.25) is 0 Å². The van der Waals surface area contributed by atoms with Gasteiger partial charge in [-0.05, 0) is 56.2 Å². The van der Waals surface area contributed by atoms with Gasteiger partial charge in [-0.2, -0.15) is 0 Å². The average molecular weight is 335 g/mol. The third-order valence-electron chi connectivity index (χ3n) is 3.37. The van der Waals surface area contributed by atoms with E-state index in [-0.39, 0.29) is 24.4 Å². The number of rotatable bonds is 5. The van der Waals surface area contributed by atoms with Crippen molar-refractivity contribution in [1.29, 1.82) is 0 Å². The lowest BCUT2D eigenvalue weighted by Crippen LogP contribution is -2.37. The van der Waals surface area contributed by atoms with Crippen LogP contribution in [0.5, 0.6) is 5.75 Å². The first-order valence-corrected chi connectivity index (χ1v) is 7.32. The average Bonchev–Trinajstić information content (AvgIpc) is 2.47. The molecule has 0 aliphatic rings. The molecule has 0 saturated carbocycles. The first-order valence-electron chi connectivity index (χ1n) is 7.32. The molecule has 0 fully saturated rings. The molecule has 1 atom stereocenters. The van der Waals surface area contributed by atoms with Gasteiger partial charge in [0.05, 0.1) is 6.04 Å². The zero-order chi connectivity index (χ0) is 16.1. The Balaban J connectivity index is 0.00000264. The molecular weight excluding hydrogens is 312 g/mol. The number of ether oxygens (including phenoxy) is 1. The van der Waals surface area contributed by atoms with Gasteiger partial charge in [-0.25, -0.2) is 0 Å². The molecule has 3 N–H and O–H groups in total. The van der Waals surface area contributed by atoms with Crippen LogP contribution in [0.25, 0.3) is 0 Å². The van der Waals surface area contributed by atoms with Crippen LogP contribution >= 0.6 is 12.4 Å². The molecule has 0 aromatic heterocycles. The number of nitrogens with one attached hydrogen (secondary N) is 1. The molecule has 124 valence electrons. The standard InChI is InChI=1S/C18H22N2O2.ClH/c1-12-5-4-6-16(9-12)22-11-14(3)20-18(21)17-10-15(19)8-7-13(17)2;/h4-10,14H,11,19H2,1-3H3,(H,20,21);1H. The van der Waals surface area contributed by atoms with Gasteiger partial charge in [0.25, 0.3) is 5.91 Å². The minimum Gasteiger partial charge on any atom is -0.491 e. The zero-order valence-electron chi connectivity index (χ0n) is 13.6. The van der Waals surface area contributed by atoms with Crippen LogP contribution in [0.1, 0.15) is 28.4 Å². The van der Waals surface area contributed by atoms with E-state index in [1.165, 1.54) is 0 Å². The van der Waals surface area contributed by atoms with Crippen LogP contribution in [0.15, 0.2) is 42.5 Å². The number of hydrogen-bond donors (Lipinski definition) is 2. The maximum atomic E-state index is 12.3. The van der Waals surface area contributed by atoms with Gasteiger partial charge in [0.15, 0.2) is 0 Å². The first kappa shape index (κ1) is 18.8. The van der Waals surface area contributed by atoms with Gasteiger partial charge in [0, 0.05) is 11.3 Å². The molecule has 4 nitrogen and oxygen atoms in total. The molecule has 1 amide bonds. The van der Waals surface area contributed by atoms with Crippen molar-refractivity contribution in [2.75, 3.05) is 12.3 Å². The molecule has 0 spiro atoms. The summed E-state index contributed by atoms with van der Waals surface area (Å²) in [6.07, 6.45) is 0. The van der Waals surface area contributed by atoms with Crippen molar-refractivity contribution < 1.29 is 9.53 Å². The lowest BCUT2D eigenvalue weighted by molar-refractivity contribution is 0.0926. The second-order valence-corrected chi connectivity index (χ2v) is 5.58. The molecule has 0 saturated heterocycles. The fourth-order valence-corrected chi connectivity index (χ4v) is 2.15. The van der Waals surface area contributed by atoms with Crippen molar-refractivity contribution in [1.82, 2.24) is 5.32 Å². The van der Waals surface area contributed by atoms with Crippen LogP contribution in [0.4, 0.5) is 5.69 Å². The highest BCUT2D eigenvalue weighted by Crippen LogP contribution is 2.14. The SMILES string of the molecule is Cc1cccc(OCC(C)NC(=O)c2cc(N)ccc2C)c1.Cl. The smallest absolute Gasteiger partial charge is 0.251 e. The molecule has 2 rings (SSSR count). The summed E-state index contributed by atoms with van der Waals surface area (Å²) >= 11 is 0. The molecule has 2 aromatic rings. The highest BCUT2D eigenvalue weighted by atomic mass is 35.5. The summed E-state index contributed by atoms with van der Waals surface area (Å²) in [6.45, 7) is 6.23. The van der Waals surface area contributed by atoms with E-state index in [9.17, 15) is 4.79 Å². The number of nitrogens with two attached hydrogens (primary N) is 1. The summed E-state index contributed by atoms with van der Waals surface area (Å²) in [7, 11) is 0. The van der Waals surface area contributed by atoms with Gasteiger partial charge in [0.2, 0.25) is 0 Å². The molecular formula is C18H23ClN2O2. The van der Waals surface area contributed by atoms with Crippen LogP contribution in [-0.4, -0.2) is 18.6 Å². The quantitative estimate of drug-likeness (QED) is 0.822. The van der Waals surface area contributed by atoms with Gasteiger partial charge in [-0.15, -0.1) is 12.4 Å². The van der Waals surface area contributed by atoms with E-state index >= 15 is 0 Å².